The Labute approximate surface area is 97.9 Å². The van der Waals surface area contributed by atoms with E-state index in [-0.39, 0.29) is 0 Å². The van der Waals surface area contributed by atoms with Crippen LogP contribution in [0.4, 0.5) is 5.82 Å². The van der Waals surface area contributed by atoms with Gasteiger partial charge in [-0.1, -0.05) is 13.0 Å². The van der Waals surface area contributed by atoms with E-state index in [0.717, 1.165) is 31.4 Å². The highest BCUT2D eigenvalue weighted by Crippen LogP contribution is 2.21. The fraction of sp³-hybridized carbons (Fsp3) is 0.615. The number of nitrogens with one attached hydrogen (secondary N) is 1. The Morgan fingerprint density at radius 2 is 2.12 bits per heavy atom. The van der Waals surface area contributed by atoms with Crippen molar-refractivity contribution in [1.82, 2.24) is 10.3 Å². The van der Waals surface area contributed by atoms with Crippen molar-refractivity contribution in [3.8, 4) is 0 Å². The van der Waals surface area contributed by atoms with Crippen LogP contribution in [0.15, 0.2) is 18.3 Å². The zero-order valence-corrected chi connectivity index (χ0v) is 10.2. The molecule has 1 aromatic heterocycles. The number of hydrogen-bond acceptors (Lipinski definition) is 3. The van der Waals surface area contributed by atoms with Gasteiger partial charge in [-0.05, 0) is 37.4 Å². The maximum Gasteiger partial charge on any atom is 0.128 e. The molecule has 0 bridgehead atoms. The SMILES string of the molecule is CNCc1ccc(N2CCC(C)CC2)nc1. The van der Waals surface area contributed by atoms with Crippen LogP contribution in [-0.4, -0.2) is 25.1 Å². The second-order valence-electron chi connectivity index (χ2n) is 4.72. The van der Waals surface area contributed by atoms with E-state index in [1.54, 1.807) is 0 Å². The second kappa shape index (κ2) is 5.30. The summed E-state index contributed by atoms with van der Waals surface area (Å²) in [6.07, 6.45) is 4.56. The molecule has 0 unspecified atom stereocenters. The van der Waals surface area contributed by atoms with Gasteiger partial charge in [-0.25, -0.2) is 4.98 Å². The van der Waals surface area contributed by atoms with Crippen LogP contribution in [-0.2, 0) is 6.54 Å². The lowest BCUT2D eigenvalue weighted by molar-refractivity contribution is 0.436. The Morgan fingerprint density at radius 3 is 2.69 bits per heavy atom. The number of aromatic nitrogens is 1. The summed E-state index contributed by atoms with van der Waals surface area (Å²) in [5.74, 6) is 2.01. The van der Waals surface area contributed by atoms with Crippen LogP contribution >= 0.6 is 0 Å². The minimum Gasteiger partial charge on any atom is -0.357 e. The molecular weight excluding hydrogens is 198 g/mol. The lowest BCUT2D eigenvalue weighted by Crippen LogP contribution is -2.33. The Balaban J connectivity index is 1.98. The van der Waals surface area contributed by atoms with Crippen LogP contribution in [0.25, 0.3) is 0 Å². The lowest BCUT2D eigenvalue weighted by atomic mass is 9.99. The minimum absolute atomic E-state index is 0.875. The van der Waals surface area contributed by atoms with Crippen LogP contribution in [0.1, 0.15) is 25.3 Å². The molecule has 1 aromatic rings. The summed E-state index contributed by atoms with van der Waals surface area (Å²) < 4.78 is 0. The summed E-state index contributed by atoms with van der Waals surface area (Å²) in [7, 11) is 1.96. The van der Waals surface area contributed by atoms with E-state index in [1.165, 1.54) is 18.4 Å². The maximum absolute atomic E-state index is 4.53. The molecule has 3 nitrogen and oxygen atoms in total. The van der Waals surface area contributed by atoms with Crippen molar-refractivity contribution in [3.05, 3.63) is 23.9 Å². The van der Waals surface area contributed by atoms with Gasteiger partial charge >= 0.3 is 0 Å². The standard InChI is InChI=1S/C13H21N3/c1-11-5-7-16(8-6-11)13-4-3-12(9-14-2)10-15-13/h3-4,10-11,14H,5-9H2,1-2H3. The Kier molecular flexibility index (Phi) is 3.78. The highest BCUT2D eigenvalue weighted by atomic mass is 15.2. The summed E-state index contributed by atoms with van der Waals surface area (Å²) in [5, 5.41) is 3.14. The fourth-order valence-electron chi connectivity index (χ4n) is 2.15. The molecule has 3 heteroatoms. The molecule has 0 aromatic carbocycles. The van der Waals surface area contributed by atoms with E-state index < -0.39 is 0 Å². The Morgan fingerprint density at radius 1 is 1.38 bits per heavy atom. The largest absolute Gasteiger partial charge is 0.357 e. The molecule has 1 aliphatic heterocycles. The van der Waals surface area contributed by atoms with E-state index in [1.807, 2.05) is 13.2 Å². The summed E-state index contributed by atoms with van der Waals surface area (Å²) in [6, 6.07) is 4.31. The van der Waals surface area contributed by atoms with Crippen molar-refractivity contribution in [1.29, 1.82) is 0 Å². The lowest BCUT2D eigenvalue weighted by Gasteiger charge is -2.31. The number of rotatable bonds is 3. The van der Waals surface area contributed by atoms with E-state index in [2.05, 4.69) is 34.3 Å². The molecule has 16 heavy (non-hydrogen) atoms. The summed E-state index contributed by atoms with van der Waals surface area (Å²) in [6.45, 7) is 5.53. The van der Waals surface area contributed by atoms with Gasteiger partial charge in [-0.15, -0.1) is 0 Å². The Hall–Kier alpha value is -1.09. The Bertz CT molecular complexity index is 312. The quantitative estimate of drug-likeness (QED) is 0.843. The molecule has 0 saturated carbocycles. The molecule has 0 amide bonds. The van der Waals surface area contributed by atoms with E-state index >= 15 is 0 Å². The van der Waals surface area contributed by atoms with Gasteiger partial charge in [0.2, 0.25) is 0 Å². The molecule has 1 fully saturated rings. The molecule has 0 atom stereocenters. The molecule has 2 rings (SSSR count). The van der Waals surface area contributed by atoms with Gasteiger partial charge in [0, 0.05) is 25.8 Å². The van der Waals surface area contributed by atoms with Gasteiger partial charge < -0.3 is 10.2 Å². The monoisotopic (exact) mass is 219 g/mol. The average Bonchev–Trinajstić information content (AvgIpc) is 2.32. The molecule has 0 radical (unpaired) electrons. The van der Waals surface area contributed by atoms with Crippen molar-refractivity contribution in [2.45, 2.75) is 26.3 Å². The van der Waals surface area contributed by atoms with Gasteiger partial charge in [0.1, 0.15) is 5.82 Å². The highest BCUT2D eigenvalue weighted by Gasteiger charge is 2.16. The van der Waals surface area contributed by atoms with Crippen LogP contribution in [0.3, 0.4) is 0 Å². The van der Waals surface area contributed by atoms with Crippen LogP contribution in [0.5, 0.6) is 0 Å². The summed E-state index contributed by atoms with van der Waals surface area (Å²) in [4.78, 5) is 6.92. The number of pyridine rings is 1. The van der Waals surface area contributed by atoms with Gasteiger partial charge in [0.15, 0.2) is 0 Å². The first kappa shape index (κ1) is 11.4. The molecule has 1 aliphatic rings. The van der Waals surface area contributed by atoms with Crippen LogP contribution < -0.4 is 10.2 Å². The molecular formula is C13H21N3. The minimum atomic E-state index is 0.875. The first-order valence-electron chi connectivity index (χ1n) is 6.14. The summed E-state index contributed by atoms with van der Waals surface area (Å²) >= 11 is 0. The molecule has 0 spiro atoms. The van der Waals surface area contributed by atoms with Crippen molar-refractivity contribution >= 4 is 5.82 Å². The fourth-order valence-corrected chi connectivity index (χ4v) is 2.15. The third-order valence-electron chi connectivity index (χ3n) is 3.30. The van der Waals surface area contributed by atoms with Crippen LogP contribution in [0.2, 0.25) is 0 Å². The smallest absolute Gasteiger partial charge is 0.128 e. The van der Waals surface area contributed by atoms with E-state index in [0.29, 0.717) is 0 Å². The number of piperidine rings is 1. The molecule has 1 saturated heterocycles. The molecule has 1 N–H and O–H groups in total. The topological polar surface area (TPSA) is 28.2 Å². The van der Waals surface area contributed by atoms with Gasteiger partial charge in [-0.3, -0.25) is 0 Å². The van der Waals surface area contributed by atoms with Crippen molar-refractivity contribution in [2.75, 3.05) is 25.0 Å². The molecule has 0 aliphatic carbocycles. The zero-order valence-electron chi connectivity index (χ0n) is 10.2. The second-order valence-corrected chi connectivity index (χ2v) is 4.72. The van der Waals surface area contributed by atoms with Crippen molar-refractivity contribution in [3.63, 3.8) is 0 Å². The van der Waals surface area contributed by atoms with Gasteiger partial charge in [-0.2, -0.15) is 0 Å². The molecule has 88 valence electrons. The van der Waals surface area contributed by atoms with Gasteiger partial charge in [0.25, 0.3) is 0 Å². The zero-order chi connectivity index (χ0) is 11.4. The number of hydrogen-bond donors (Lipinski definition) is 1. The van der Waals surface area contributed by atoms with Crippen molar-refractivity contribution < 1.29 is 0 Å². The first-order valence-corrected chi connectivity index (χ1v) is 6.14. The number of anilines is 1. The van der Waals surface area contributed by atoms with E-state index in [9.17, 15) is 0 Å². The van der Waals surface area contributed by atoms with E-state index in [4.69, 9.17) is 0 Å². The third-order valence-corrected chi connectivity index (χ3v) is 3.30. The first-order chi connectivity index (χ1) is 7.79. The van der Waals surface area contributed by atoms with Crippen molar-refractivity contribution in [2.24, 2.45) is 5.92 Å². The van der Waals surface area contributed by atoms with Crippen LogP contribution in [0, 0.1) is 5.92 Å². The number of nitrogens with zero attached hydrogens (tertiary/aromatic N) is 2. The summed E-state index contributed by atoms with van der Waals surface area (Å²) in [5.41, 5.74) is 1.25. The third kappa shape index (κ3) is 2.73. The predicted octanol–water partition coefficient (Wildman–Crippen LogP) is 2.04. The normalized spacial score (nSPS) is 17.8. The maximum atomic E-state index is 4.53. The molecule has 2 heterocycles. The predicted molar refractivity (Wildman–Crippen MR) is 67.6 cm³/mol. The average molecular weight is 219 g/mol. The van der Waals surface area contributed by atoms with Gasteiger partial charge in [0.05, 0.1) is 0 Å². The highest BCUT2D eigenvalue weighted by molar-refractivity contribution is 5.39.